The van der Waals surface area contributed by atoms with Gasteiger partial charge in [-0.3, -0.25) is 4.79 Å². The fraction of sp³-hybridized carbons (Fsp3) is 0.500. The molecule has 1 aliphatic carbocycles. The quantitative estimate of drug-likeness (QED) is 0.781. The third-order valence-electron chi connectivity index (χ3n) is 3.06. The molecule has 5 heteroatoms. The van der Waals surface area contributed by atoms with Gasteiger partial charge in [0.2, 0.25) is 0 Å². The van der Waals surface area contributed by atoms with Crippen molar-refractivity contribution in [2.45, 2.75) is 12.8 Å². The first kappa shape index (κ1) is 14.2. The van der Waals surface area contributed by atoms with Crippen LogP contribution in [-0.2, 0) is 0 Å². The lowest BCUT2D eigenvalue weighted by Crippen LogP contribution is -2.19. The second-order valence-electron chi connectivity index (χ2n) is 4.69. The van der Waals surface area contributed by atoms with Gasteiger partial charge < -0.3 is 14.8 Å². The van der Waals surface area contributed by atoms with Gasteiger partial charge in [0.05, 0.1) is 25.3 Å². The number of rotatable bonds is 7. The molecule has 0 aromatic heterocycles. The van der Waals surface area contributed by atoms with Gasteiger partial charge in [0.1, 0.15) is 0 Å². The van der Waals surface area contributed by atoms with Crippen molar-refractivity contribution >= 4 is 17.4 Å². The van der Waals surface area contributed by atoms with Crippen LogP contribution in [0.25, 0.3) is 0 Å². The summed E-state index contributed by atoms with van der Waals surface area (Å²) in [5.41, 5.74) is 0.451. The van der Waals surface area contributed by atoms with E-state index < -0.39 is 0 Å². The average molecular weight is 284 g/mol. The van der Waals surface area contributed by atoms with Crippen LogP contribution in [0.3, 0.4) is 0 Å². The Balaban J connectivity index is 2.19. The molecule has 1 aromatic rings. The minimum absolute atomic E-state index is 0.0699. The number of benzene rings is 1. The van der Waals surface area contributed by atoms with E-state index >= 15 is 0 Å². The van der Waals surface area contributed by atoms with Crippen LogP contribution in [-0.4, -0.2) is 33.1 Å². The lowest BCUT2D eigenvalue weighted by Gasteiger charge is -2.13. The molecule has 1 N–H and O–H groups in total. The van der Waals surface area contributed by atoms with Gasteiger partial charge >= 0.3 is 0 Å². The van der Waals surface area contributed by atoms with Crippen LogP contribution < -0.4 is 14.8 Å². The summed E-state index contributed by atoms with van der Waals surface area (Å²) >= 11 is 6.14. The highest BCUT2D eigenvalue weighted by molar-refractivity contribution is 6.34. The van der Waals surface area contributed by atoms with Crippen molar-refractivity contribution in [3.05, 3.63) is 22.7 Å². The van der Waals surface area contributed by atoms with Gasteiger partial charge in [-0.25, -0.2) is 0 Å². The second-order valence-corrected chi connectivity index (χ2v) is 5.10. The van der Waals surface area contributed by atoms with Crippen molar-refractivity contribution in [3.63, 3.8) is 0 Å². The molecule has 4 nitrogen and oxygen atoms in total. The van der Waals surface area contributed by atoms with Crippen molar-refractivity contribution in [1.82, 2.24) is 5.32 Å². The van der Waals surface area contributed by atoms with Gasteiger partial charge in [0, 0.05) is 11.6 Å². The van der Waals surface area contributed by atoms with Crippen molar-refractivity contribution in [2.75, 3.05) is 27.3 Å². The van der Waals surface area contributed by atoms with E-state index in [1.165, 1.54) is 12.8 Å². The molecule has 0 unspecified atom stereocenters. The van der Waals surface area contributed by atoms with Crippen molar-refractivity contribution in [3.8, 4) is 11.5 Å². The van der Waals surface area contributed by atoms with E-state index in [1.807, 2.05) is 0 Å². The largest absolute Gasteiger partial charge is 0.493 e. The first-order chi connectivity index (χ1) is 9.15. The van der Waals surface area contributed by atoms with E-state index in [4.69, 9.17) is 21.1 Å². The van der Waals surface area contributed by atoms with E-state index in [2.05, 4.69) is 5.32 Å². The Bertz CT molecular complexity index is 472. The van der Waals surface area contributed by atoms with E-state index in [0.717, 1.165) is 0 Å². The molecule has 0 heterocycles. The van der Waals surface area contributed by atoms with Crippen molar-refractivity contribution in [1.29, 1.82) is 0 Å². The van der Waals surface area contributed by atoms with Gasteiger partial charge in [-0.05, 0) is 31.9 Å². The molecule has 104 valence electrons. The smallest absolute Gasteiger partial charge is 0.178 e. The molecule has 0 atom stereocenters. The highest BCUT2D eigenvalue weighted by atomic mass is 35.5. The zero-order valence-corrected chi connectivity index (χ0v) is 11.9. The molecule has 0 bridgehead atoms. The molecule has 0 saturated heterocycles. The molecule has 1 fully saturated rings. The summed E-state index contributed by atoms with van der Waals surface area (Å²) in [4.78, 5) is 11.9. The summed E-state index contributed by atoms with van der Waals surface area (Å²) in [6.45, 7) is 0.918. The van der Waals surface area contributed by atoms with Gasteiger partial charge in [-0.1, -0.05) is 11.6 Å². The van der Waals surface area contributed by atoms with E-state index in [0.29, 0.717) is 34.6 Å². The number of carbonyl (C=O) groups is 1. The Morgan fingerprint density at radius 1 is 1.42 bits per heavy atom. The number of methoxy groups -OCH3 is 1. The van der Waals surface area contributed by atoms with E-state index in [-0.39, 0.29) is 12.3 Å². The van der Waals surface area contributed by atoms with E-state index in [1.54, 1.807) is 26.3 Å². The minimum Gasteiger partial charge on any atom is -0.493 e. The Morgan fingerprint density at radius 2 is 2.16 bits per heavy atom. The topological polar surface area (TPSA) is 47.6 Å². The van der Waals surface area contributed by atoms with Gasteiger partial charge in [0.15, 0.2) is 17.3 Å². The monoisotopic (exact) mass is 283 g/mol. The Labute approximate surface area is 118 Å². The summed E-state index contributed by atoms with van der Waals surface area (Å²) in [7, 11) is 3.27. The maximum atomic E-state index is 11.9. The van der Waals surface area contributed by atoms with Crippen LogP contribution >= 0.6 is 11.6 Å². The number of ketones is 1. The summed E-state index contributed by atoms with van der Waals surface area (Å²) in [6.07, 6.45) is 2.43. The van der Waals surface area contributed by atoms with Crippen LogP contribution in [0.2, 0.25) is 5.02 Å². The van der Waals surface area contributed by atoms with Gasteiger partial charge in [-0.2, -0.15) is 0 Å². The lowest BCUT2D eigenvalue weighted by molar-refractivity contribution is 0.0993. The summed E-state index contributed by atoms with van der Waals surface area (Å²) < 4.78 is 11.0. The Kier molecular flexibility index (Phi) is 4.66. The molecule has 0 radical (unpaired) electrons. The number of nitrogens with one attached hydrogen (secondary N) is 1. The average Bonchev–Trinajstić information content (AvgIpc) is 3.20. The fourth-order valence-electron chi connectivity index (χ4n) is 1.77. The second kappa shape index (κ2) is 6.26. The molecular weight excluding hydrogens is 266 g/mol. The molecule has 1 saturated carbocycles. The van der Waals surface area contributed by atoms with Crippen molar-refractivity contribution in [2.24, 2.45) is 5.92 Å². The molecule has 0 amide bonds. The van der Waals surface area contributed by atoms with Crippen LogP contribution in [0, 0.1) is 5.92 Å². The Hall–Kier alpha value is -1.26. The zero-order valence-electron chi connectivity index (χ0n) is 11.2. The zero-order chi connectivity index (χ0) is 13.8. The molecule has 2 rings (SSSR count). The SMILES string of the molecule is CNCC(=O)c1cc(OC)c(OCC2CC2)cc1Cl. The minimum atomic E-state index is -0.0699. The van der Waals surface area contributed by atoms with Gasteiger partial charge in [0.25, 0.3) is 0 Å². The Morgan fingerprint density at radius 3 is 2.74 bits per heavy atom. The summed E-state index contributed by atoms with van der Waals surface area (Å²) in [5.74, 6) is 1.72. The van der Waals surface area contributed by atoms with Gasteiger partial charge in [-0.15, -0.1) is 0 Å². The fourth-order valence-corrected chi connectivity index (χ4v) is 2.03. The number of halogens is 1. The maximum absolute atomic E-state index is 11.9. The predicted molar refractivity (Wildman–Crippen MR) is 74.5 cm³/mol. The number of hydrogen-bond acceptors (Lipinski definition) is 4. The van der Waals surface area contributed by atoms with Crippen LogP contribution in [0.5, 0.6) is 11.5 Å². The third-order valence-corrected chi connectivity index (χ3v) is 3.38. The van der Waals surface area contributed by atoms with Crippen LogP contribution in [0.15, 0.2) is 12.1 Å². The number of Topliss-reactive ketones (excluding diaryl/α,β-unsaturated/α-hetero) is 1. The summed E-state index contributed by atoms with van der Waals surface area (Å²) in [5, 5.41) is 3.21. The normalized spacial score (nSPS) is 14.3. The highest BCUT2D eigenvalue weighted by Gasteiger charge is 2.23. The number of carbonyl (C=O) groups excluding carboxylic acids is 1. The van der Waals surface area contributed by atoms with E-state index in [9.17, 15) is 4.79 Å². The predicted octanol–water partition coefficient (Wildman–Crippen LogP) is 2.54. The standard InChI is InChI=1S/C14H18ClNO3/c1-16-7-12(17)10-5-13(18-2)14(6-11(10)15)19-8-9-3-4-9/h5-6,9,16H,3-4,7-8H2,1-2H3. The molecule has 1 aromatic carbocycles. The number of likely N-dealkylation sites (N-methyl/N-ethyl adjacent to an activating group) is 1. The first-order valence-electron chi connectivity index (χ1n) is 6.33. The molecule has 19 heavy (non-hydrogen) atoms. The third kappa shape index (κ3) is 3.61. The van der Waals surface area contributed by atoms with Crippen LogP contribution in [0.1, 0.15) is 23.2 Å². The van der Waals surface area contributed by atoms with Crippen molar-refractivity contribution < 1.29 is 14.3 Å². The maximum Gasteiger partial charge on any atom is 0.178 e. The summed E-state index contributed by atoms with van der Waals surface area (Å²) in [6, 6.07) is 3.30. The van der Waals surface area contributed by atoms with Crippen LogP contribution in [0.4, 0.5) is 0 Å². The number of hydrogen-bond donors (Lipinski definition) is 1. The molecule has 1 aliphatic rings. The highest BCUT2D eigenvalue weighted by Crippen LogP contribution is 2.36. The first-order valence-corrected chi connectivity index (χ1v) is 6.71. The number of ether oxygens (including phenoxy) is 2. The molecule has 0 aliphatic heterocycles. The molecular formula is C14H18ClNO3. The molecule has 0 spiro atoms. The lowest BCUT2D eigenvalue weighted by atomic mass is 10.1.